The number of anilines is 3. The van der Waals surface area contributed by atoms with Crippen molar-refractivity contribution in [2.75, 3.05) is 10.6 Å². The summed E-state index contributed by atoms with van der Waals surface area (Å²) < 4.78 is 13.9. The second kappa shape index (κ2) is 7.09. The predicted octanol–water partition coefficient (Wildman–Crippen LogP) is 5.35. The van der Waals surface area contributed by atoms with E-state index in [4.69, 9.17) is 11.6 Å². The molecule has 0 bridgehead atoms. The molecule has 1 aromatic heterocycles. The number of carbonyl (C=O) groups excluding carboxylic acids is 1. The van der Waals surface area contributed by atoms with Crippen molar-refractivity contribution in [3.05, 3.63) is 83.1 Å². The summed E-state index contributed by atoms with van der Waals surface area (Å²) in [6, 6.07) is 18.7. The van der Waals surface area contributed by atoms with E-state index in [1.165, 1.54) is 12.1 Å². The Morgan fingerprint density at radius 3 is 2.63 bits per heavy atom. The van der Waals surface area contributed by atoms with Crippen LogP contribution in [0.5, 0.6) is 0 Å². The molecule has 0 saturated heterocycles. The number of carbonyl (C=O) groups is 1. The number of imidazole rings is 1. The van der Waals surface area contributed by atoms with Crippen molar-refractivity contribution in [1.82, 2.24) is 9.97 Å². The highest BCUT2D eigenvalue weighted by Gasteiger charge is 2.12. The van der Waals surface area contributed by atoms with Crippen molar-refractivity contribution in [2.24, 2.45) is 0 Å². The van der Waals surface area contributed by atoms with Crippen LogP contribution in [-0.4, -0.2) is 15.9 Å². The van der Waals surface area contributed by atoms with Gasteiger partial charge in [0.25, 0.3) is 5.91 Å². The van der Waals surface area contributed by atoms with Crippen molar-refractivity contribution in [3.8, 4) is 0 Å². The number of H-pyrrole nitrogens is 1. The summed E-state index contributed by atoms with van der Waals surface area (Å²) in [5.74, 6) is -0.388. The van der Waals surface area contributed by atoms with Crippen LogP contribution in [0.3, 0.4) is 0 Å². The monoisotopic (exact) mass is 380 g/mol. The number of amides is 1. The molecule has 0 atom stereocenters. The van der Waals surface area contributed by atoms with Gasteiger partial charge in [0.05, 0.1) is 21.7 Å². The summed E-state index contributed by atoms with van der Waals surface area (Å²) in [6.45, 7) is 0. The highest BCUT2D eigenvalue weighted by Crippen LogP contribution is 2.28. The van der Waals surface area contributed by atoms with Crippen LogP contribution in [-0.2, 0) is 0 Å². The molecule has 0 aliphatic rings. The van der Waals surface area contributed by atoms with Gasteiger partial charge in [-0.25, -0.2) is 9.37 Å². The van der Waals surface area contributed by atoms with Gasteiger partial charge in [0.15, 0.2) is 0 Å². The number of rotatable bonds is 4. The van der Waals surface area contributed by atoms with Gasteiger partial charge in [-0.3, -0.25) is 4.79 Å². The third kappa shape index (κ3) is 3.61. The fourth-order valence-corrected chi connectivity index (χ4v) is 2.88. The molecule has 0 aliphatic heterocycles. The number of hydrogen-bond acceptors (Lipinski definition) is 3. The highest BCUT2D eigenvalue weighted by atomic mass is 35.5. The zero-order valence-electron chi connectivity index (χ0n) is 14.0. The quantitative estimate of drug-likeness (QED) is 0.447. The third-order valence-electron chi connectivity index (χ3n) is 3.98. The van der Waals surface area contributed by atoms with Crippen LogP contribution in [0.25, 0.3) is 11.0 Å². The van der Waals surface area contributed by atoms with Crippen molar-refractivity contribution >= 4 is 45.9 Å². The first kappa shape index (κ1) is 17.1. The summed E-state index contributed by atoms with van der Waals surface area (Å²) in [5, 5.41) is 5.92. The topological polar surface area (TPSA) is 69.8 Å². The molecule has 7 heteroatoms. The van der Waals surface area contributed by atoms with Gasteiger partial charge in [0.1, 0.15) is 5.82 Å². The largest absolute Gasteiger partial charge is 0.324 e. The molecule has 134 valence electrons. The second-order valence-corrected chi connectivity index (χ2v) is 6.27. The zero-order chi connectivity index (χ0) is 18.8. The minimum Gasteiger partial charge on any atom is -0.324 e. The van der Waals surface area contributed by atoms with Crippen LogP contribution in [0.4, 0.5) is 21.7 Å². The summed E-state index contributed by atoms with van der Waals surface area (Å²) >= 11 is 6.02. The number of nitrogens with zero attached hydrogens (tertiary/aromatic N) is 1. The molecule has 3 N–H and O–H groups in total. The van der Waals surface area contributed by atoms with E-state index in [2.05, 4.69) is 20.6 Å². The number of hydrogen-bond donors (Lipinski definition) is 3. The first-order valence-electron chi connectivity index (χ1n) is 8.17. The first-order valence-corrected chi connectivity index (χ1v) is 8.55. The van der Waals surface area contributed by atoms with E-state index in [1.807, 2.05) is 30.3 Å². The standard InChI is InChI=1S/C20H14ClFN4O/c21-14-7-4-8-15(22)18(14)26-20-24-16-10-9-12(11-17(16)25-20)19(27)23-13-5-2-1-3-6-13/h1-11H,(H,23,27)(H2,24,25,26). The number of aromatic amines is 1. The van der Waals surface area contributed by atoms with E-state index in [0.29, 0.717) is 28.2 Å². The molecular formula is C20H14ClFN4O. The number of benzene rings is 3. The second-order valence-electron chi connectivity index (χ2n) is 5.86. The Hall–Kier alpha value is -3.38. The Labute approximate surface area is 159 Å². The van der Waals surface area contributed by atoms with E-state index >= 15 is 0 Å². The molecule has 1 amide bonds. The van der Waals surface area contributed by atoms with Gasteiger partial charge in [-0.1, -0.05) is 35.9 Å². The molecule has 0 fully saturated rings. The van der Waals surface area contributed by atoms with Crippen LogP contribution in [0.2, 0.25) is 5.02 Å². The number of nitrogens with one attached hydrogen (secondary N) is 3. The van der Waals surface area contributed by atoms with E-state index < -0.39 is 5.82 Å². The highest BCUT2D eigenvalue weighted by molar-refractivity contribution is 6.33. The van der Waals surface area contributed by atoms with Crippen LogP contribution < -0.4 is 10.6 Å². The molecule has 0 unspecified atom stereocenters. The molecular weight excluding hydrogens is 367 g/mol. The smallest absolute Gasteiger partial charge is 0.255 e. The number of aromatic nitrogens is 2. The van der Waals surface area contributed by atoms with Gasteiger partial charge in [-0.05, 0) is 42.5 Å². The molecule has 0 aliphatic carbocycles. The summed E-state index contributed by atoms with van der Waals surface area (Å²) in [6.07, 6.45) is 0. The molecule has 4 aromatic rings. The Morgan fingerprint density at radius 2 is 1.85 bits per heavy atom. The maximum Gasteiger partial charge on any atom is 0.255 e. The van der Waals surface area contributed by atoms with Crippen molar-refractivity contribution in [3.63, 3.8) is 0 Å². The minimum atomic E-state index is -0.481. The van der Waals surface area contributed by atoms with Crippen LogP contribution >= 0.6 is 11.6 Å². The molecule has 1 heterocycles. The summed E-state index contributed by atoms with van der Waals surface area (Å²) in [4.78, 5) is 19.8. The van der Waals surface area contributed by atoms with Crippen molar-refractivity contribution < 1.29 is 9.18 Å². The molecule has 0 spiro atoms. The molecule has 27 heavy (non-hydrogen) atoms. The molecule has 0 saturated carbocycles. The number of halogens is 2. The van der Waals surface area contributed by atoms with Gasteiger partial charge in [-0.15, -0.1) is 0 Å². The summed E-state index contributed by atoms with van der Waals surface area (Å²) in [7, 11) is 0. The van der Waals surface area contributed by atoms with E-state index in [0.717, 1.165) is 0 Å². The molecule has 0 radical (unpaired) electrons. The first-order chi connectivity index (χ1) is 13.1. The zero-order valence-corrected chi connectivity index (χ0v) is 14.7. The van der Waals surface area contributed by atoms with Crippen LogP contribution in [0.15, 0.2) is 66.7 Å². The Morgan fingerprint density at radius 1 is 1.04 bits per heavy atom. The number of fused-ring (bicyclic) bond motifs is 1. The van der Waals surface area contributed by atoms with Gasteiger partial charge < -0.3 is 15.6 Å². The Bertz CT molecular complexity index is 1110. The normalized spacial score (nSPS) is 10.7. The van der Waals surface area contributed by atoms with Crippen molar-refractivity contribution in [1.29, 1.82) is 0 Å². The lowest BCUT2D eigenvalue weighted by Crippen LogP contribution is -2.11. The lowest BCUT2D eigenvalue weighted by molar-refractivity contribution is 0.102. The molecule has 5 nitrogen and oxygen atoms in total. The SMILES string of the molecule is O=C(Nc1ccccc1)c1ccc2[nH]c(Nc3c(F)cccc3Cl)nc2c1. The average molecular weight is 381 g/mol. The fraction of sp³-hybridized carbons (Fsp3) is 0. The lowest BCUT2D eigenvalue weighted by Gasteiger charge is -2.05. The van der Waals surface area contributed by atoms with Gasteiger partial charge >= 0.3 is 0 Å². The maximum absolute atomic E-state index is 13.9. The Kier molecular flexibility index (Phi) is 4.48. The fourth-order valence-electron chi connectivity index (χ4n) is 2.67. The average Bonchev–Trinajstić information content (AvgIpc) is 3.07. The molecule has 3 aromatic carbocycles. The van der Waals surface area contributed by atoms with Crippen LogP contribution in [0, 0.1) is 5.82 Å². The van der Waals surface area contributed by atoms with Gasteiger partial charge in [0.2, 0.25) is 5.95 Å². The van der Waals surface area contributed by atoms with E-state index in [9.17, 15) is 9.18 Å². The molecule has 4 rings (SSSR count). The maximum atomic E-state index is 13.9. The third-order valence-corrected chi connectivity index (χ3v) is 4.30. The van der Waals surface area contributed by atoms with Gasteiger partial charge in [0, 0.05) is 11.3 Å². The lowest BCUT2D eigenvalue weighted by atomic mass is 10.2. The van der Waals surface area contributed by atoms with Gasteiger partial charge in [-0.2, -0.15) is 0 Å². The van der Waals surface area contributed by atoms with Crippen molar-refractivity contribution in [2.45, 2.75) is 0 Å². The predicted molar refractivity (Wildman–Crippen MR) is 105 cm³/mol. The Balaban J connectivity index is 1.59. The summed E-state index contributed by atoms with van der Waals surface area (Å²) in [5.41, 5.74) is 2.60. The minimum absolute atomic E-state index is 0.139. The van der Waals surface area contributed by atoms with E-state index in [1.54, 1.807) is 24.3 Å². The van der Waals surface area contributed by atoms with Crippen LogP contribution in [0.1, 0.15) is 10.4 Å². The number of para-hydroxylation sites is 2. The van der Waals surface area contributed by atoms with E-state index in [-0.39, 0.29) is 16.6 Å².